The monoisotopic (exact) mass is 497 g/mol. The van der Waals surface area contributed by atoms with Crippen LogP contribution in [0.1, 0.15) is 43.5 Å². The quantitative estimate of drug-likeness (QED) is 0.365. The number of hydrogen-bond donors (Lipinski definition) is 1. The van der Waals surface area contributed by atoms with Gasteiger partial charge in [0.2, 0.25) is 0 Å². The Bertz CT molecular complexity index is 1350. The molecule has 34 heavy (non-hydrogen) atoms. The van der Waals surface area contributed by atoms with Gasteiger partial charge >= 0.3 is 10.1 Å². The van der Waals surface area contributed by atoms with Gasteiger partial charge in [0.25, 0.3) is 5.91 Å². The Hall–Kier alpha value is -2.71. The molecule has 2 aromatic carbocycles. The van der Waals surface area contributed by atoms with Crippen LogP contribution in [0.4, 0.5) is 0 Å². The van der Waals surface area contributed by atoms with Crippen LogP contribution in [-0.4, -0.2) is 26.7 Å². The largest absolute Gasteiger partial charge is 0.379 e. The lowest BCUT2D eigenvalue weighted by molar-refractivity contribution is -0.123. The number of rotatable bonds is 7. The highest BCUT2D eigenvalue weighted by Crippen LogP contribution is 2.61. The number of aldehydes is 1. The first-order chi connectivity index (χ1) is 16.2. The maximum atomic E-state index is 13.4. The van der Waals surface area contributed by atoms with Gasteiger partial charge in [0.1, 0.15) is 16.9 Å². The highest BCUT2D eigenvalue weighted by atomic mass is 32.2. The molecular formula is C26H27NO5S2. The zero-order valence-electron chi connectivity index (χ0n) is 19.1. The highest BCUT2D eigenvalue weighted by Gasteiger charge is 2.57. The summed E-state index contributed by atoms with van der Waals surface area (Å²) in [5, 5.41) is 5.68. The molecule has 3 saturated carbocycles. The third kappa shape index (κ3) is 3.92. The number of amides is 1. The molecule has 178 valence electrons. The summed E-state index contributed by atoms with van der Waals surface area (Å²) in [4.78, 5) is 24.7. The van der Waals surface area contributed by atoms with Crippen LogP contribution < -0.4 is 9.50 Å². The molecule has 1 N–H and O–H groups in total. The predicted octanol–water partition coefficient (Wildman–Crippen LogP) is 5.04. The minimum absolute atomic E-state index is 0.0504. The summed E-state index contributed by atoms with van der Waals surface area (Å²) in [6, 6.07) is 12.9. The van der Waals surface area contributed by atoms with Crippen LogP contribution in [0.25, 0.3) is 10.1 Å². The standard InChI is InChI=1S/C26H27NO5S2/c1-26(2)17-12-16(10-11-28)24(22(26)13-17)27-25(29)21-15-33-23-9-8-18(14-20(21)23)32-34(30,31)19-6-4-3-5-7-19/h3-9,11,14-17,22,24H,10,12-13H2,1-2H3,(H,27,29). The molecule has 0 saturated heterocycles. The number of fused-ring (bicyclic) bond motifs is 3. The van der Waals surface area contributed by atoms with E-state index >= 15 is 0 Å². The molecule has 8 heteroatoms. The second-order valence-electron chi connectivity index (χ2n) is 9.92. The van der Waals surface area contributed by atoms with Crippen LogP contribution in [-0.2, 0) is 14.9 Å². The van der Waals surface area contributed by atoms with Crippen molar-refractivity contribution in [2.24, 2.45) is 23.2 Å². The summed E-state index contributed by atoms with van der Waals surface area (Å²) in [7, 11) is -3.98. The molecule has 4 atom stereocenters. The van der Waals surface area contributed by atoms with Crippen molar-refractivity contribution in [1.29, 1.82) is 0 Å². The number of benzene rings is 2. The van der Waals surface area contributed by atoms with Gasteiger partial charge in [0.15, 0.2) is 0 Å². The Labute approximate surface area is 203 Å². The van der Waals surface area contributed by atoms with Crippen molar-refractivity contribution in [3.63, 3.8) is 0 Å². The fourth-order valence-corrected chi connectivity index (χ4v) is 7.58. The van der Waals surface area contributed by atoms with E-state index < -0.39 is 10.1 Å². The lowest BCUT2D eigenvalue weighted by atomic mass is 9.44. The van der Waals surface area contributed by atoms with Gasteiger partial charge in [-0.3, -0.25) is 4.79 Å². The SMILES string of the molecule is CC1(C)C2CC(CC=O)C(NC(=O)c3csc4ccc(OS(=O)(=O)c5ccccc5)cc34)C1C2. The molecule has 3 fully saturated rings. The van der Waals surface area contributed by atoms with Gasteiger partial charge in [0.05, 0.1) is 5.56 Å². The molecular weight excluding hydrogens is 470 g/mol. The smallest absolute Gasteiger partial charge is 0.339 e. The first-order valence-electron chi connectivity index (χ1n) is 11.5. The number of carbonyl (C=O) groups excluding carboxylic acids is 2. The third-order valence-corrected chi connectivity index (χ3v) is 10.0. The molecule has 2 bridgehead atoms. The van der Waals surface area contributed by atoms with Gasteiger partial charge in [-0.1, -0.05) is 32.0 Å². The van der Waals surface area contributed by atoms with Crippen LogP contribution >= 0.6 is 11.3 Å². The van der Waals surface area contributed by atoms with Crippen LogP contribution in [0.5, 0.6) is 5.75 Å². The molecule has 3 aromatic rings. The average Bonchev–Trinajstić information content (AvgIpc) is 3.23. The second-order valence-corrected chi connectivity index (χ2v) is 12.4. The number of thiophene rings is 1. The minimum atomic E-state index is -3.98. The van der Waals surface area contributed by atoms with Crippen LogP contribution in [0.15, 0.2) is 58.8 Å². The van der Waals surface area contributed by atoms with Crippen LogP contribution in [0, 0.1) is 23.2 Å². The first-order valence-corrected chi connectivity index (χ1v) is 13.7. The molecule has 4 unspecified atom stereocenters. The lowest BCUT2D eigenvalue weighted by Crippen LogP contribution is -2.63. The molecule has 1 aromatic heterocycles. The summed E-state index contributed by atoms with van der Waals surface area (Å²) < 4.78 is 31.5. The molecule has 0 aliphatic heterocycles. The Balaban J connectivity index is 1.40. The van der Waals surface area contributed by atoms with Crippen molar-refractivity contribution >= 4 is 43.7 Å². The van der Waals surface area contributed by atoms with E-state index in [0.29, 0.717) is 29.2 Å². The van der Waals surface area contributed by atoms with E-state index in [1.807, 2.05) is 0 Å². The molecule has 6 rings (SSSR count). The summed E-state index contributed by atoms with van der Waals surface area (Å²) in [6.07, 6.45) is 3.44. The Morgan fingerprint density at radius 1 is 1.18 bits per heavy atom. The molecule has 3 aliphatic carbocycles. The number of nitrogens with one attached hydrogen (secondary N) is 1. The molecule has 6 nitrogen and oxygen atoms in total. The van der Waals surface area contributed by atoms with E-state index in [0.717, 1.165) is 23.8 Å². The number of carbonyl (C=O) groups is 2. The Kier molecular flexibility index (Phi) is 5.76. The summed E-state index contributed by atoms with van der Waals surface area (Å²) >= 11 is 1.43. The van der Waals surface area contributed by atoms with Crippen molar-refractivity contribution in [2.75, 3.05) is 0 Å². The molecule has 3 aliphatic rings. The molecule has 1 heterocycles. The minimum Gasteiger partial charge on any atom is -0.379 e. The van der Waals surface area contributed by atoms with E-state index in [1.165, 1.54) is 23.5 Å². The maximum absolute atomic E-state index is 13.4. The Morgan fingerprint density at radius 2 is 1.94 bits per heavy atom. The predicted molar refractivity (Wildman–Crippen MR) is 132 cm³/mol. The third-order valence-electron chi connectivity index (χ3n) is 7.80. The molecule has 0 radical (unpaired) electrons. The van der Waals surface area contributed by atoms with E-state index in [1.54, 1.807) is 41.8 Å². The lowest BCUT2D eigenvalue weighted by Gasteiger charge is -2.62. The van der Waals surface area contributed by atoms with Gasteiger partial charge in [0, 0.05) is 27.9 Å². The van der Waals surface area contributed by atoms with E-state index in [4.69, 9.17) is 4.18 Å². The van der Waals surface area contributed by atoms with Crippen molar-refractivity contribution in [2.45, 2.75) is 44.0 Å². The van der Waals surface area contributed by atoms with Gasteiger partial charge < -0.3 is 14.3 Å². The van der Waals surface area contributed by atoms with Crippen LogP contribution in [0.3, 0.4) is 0 Å². The molecule has 0 spiro atoms. The average molecular weight is 498 g/mol. The normalized spacial score (nSPS) is 25.4. The maximum Gasteiger partial charge on any atom is 0.339 e. The van der Waals surface area contributed by atoms with Crippen molar-refractivity contribution in [3.05, 3.63) is 59.5 Å². The van der Waals surface area contributed by atoms with Gasteiger partial charge in [-0.2, -0.15) is 8.42 Å². The highest BCUT2D eigenvalue weighted by molar-refractivity contribution is 7.87. The van der Waals surface area contributed by atoms with Crippen LogP contribution in [0.2, 0.25) is 0 Å². The fraction of sp³-hybridized carbons (Fsp3) is 0.385. The van der Waals surface area contributed by atoms with E-state index in [9.17, 15) is 18.0 Å². The van der Waals surface area contributed by atoms with Gasteiger partial charge in [-0.05, 0) is 66.3 Å². The van der Waals surface area contributed by atoms with Gasteiger partial charge in [-0.25, -0.2) is 0 Å². The zero-order valence-corrected chi connectivity index (χ0v) is 20.7. The topological polar surface area (TPSA) is 89.5 Å². The zero-order chi connectivity index (χ0) is 24.1. The van der Waals surface area contributed by atoms with Crippen molar-refractivity contribution < 1.29 is 22.2 Å². The van der Waals surface area contributed by atoms with Crippen molar-refractivity contribution in [1.82, 2.24) is 5.32 Å². The second kappa shape index (κ2) is 8.50. The van der Waals surface area contributed by atoms with E-state index in [2.05, 4.69) is 19.2 Å². The van der Waals surface area contributed by atoms with Gasteiger partial charge in [-0.15, -0.1) is 11.3 Å². The Morgan fingerprint density at radius 3 is 2.65 bits per heavy atom. The van der Waals surface area contributed by atoms with E-state index in [-0.39, 0.29) is 33.9 Å². The first kappa shape index (κ1) is 23.1. The summed E-state index contributed by atoms with van der Waals surface area (Å²) in [5.41, 5.74) is 0.646. The summed E-state index contributed by atoms with van der Waals surface area (Å²) in [6.45, 7) is 4.50. The number of hydrogen-bond acceptors (Lipinski definition) is 6. The van der Waals surface area contributed by atoms with Crippen molar-refractivity contribution in [3.8, 4) is 5.75 Å². The molecule has 1 amide bonds. The fourth-order valence-electron chi connectivity index (χ4n) is 5.72. The summed E-state index contributed by atoms with van der Waals surface area (Å²) in [5.74, 6) is 1.06.